The second-order valence-electron chi connectivity index (χ2n) is 5.16. The lowest BCUT2D eigenvalue weighted by molar-refractivity contribution is 0.551. The predicted molar refractivity (Wildman–Crippen MR) is 94.5 cm³/mol. The number of halogens is 1. The SMILES string of the molecule is Cc1cccc(C(Cc2csc3ccccc23)NN)c1Br. The third kappa shape index (κ3) is 2.90. The Hall–Kier alpha value is -1.20. The minimum atomic E-state index is 0.0947. The second kappa shape index (κ2) is 6.28. The Morgan fingerprint density at radius 2 is 2.00 bits per heavy atom. The normalized spacial score (nSPS) is 12.7. The predicted octanol–water partition coefficient (Wildman–Crippen LogP) is 4.72. The van der Waals surface area contributed by atoms with Gasteiger partial charge in [0.25, 0.3) is 0 Å². The third-order valence-corrected chi connectivity index (χ3v) is 5.88. The first-order valence-electron chi connectivity index (χ1n) is 6.87. The number of hydrazine groups is 1. The van der Waals surface area contributed by atoms with Crippen LogP contribution in [-0.2, 0) is 6.42 Å². The Balaban J connectivity index is 1.96. The molecule has 0 aliphatic rings. The smallest absolute Gasteiger partial charge is 0.0512 e. The van der Waals surface area contributed by atoms with Crippen LogP contribution in [-0.4, -0.2) is 0 Å². The van der Waals surface area contributed by atoms with E-state index in [0.717, 1.165) is 10.9 Å². The fourth-order valence-electron chi connectivity index (χ4n) is 2.61. The van der Waals surface area contributed by atoms with Crippen molar-refractivity contribution in [1.82, 2.24) is 5.43 Å². The summed E-state index contributed by atoms with van der Waals surface area (Å²) in [6.45, 7) is 2.10. The number of thiophene rings is 1. The Bertz CT molecular complexity index is 766. The molecule has 108 valence electrons. The van der Waals surface area contributed by atoms with E-state index >= 15 is 0 Å². The van der Waals surface area contributed by atoms with Crippen molar-refractivity contribution >= 4 is 37.4 Å². The average Bonchev–Trinajstić information content (AvgIpc) is 2.91. The van der Waals surface area contributed by atoms with Crippen LogP contribution in [0.4, 0.5) is 0 Å². The Labute approximate surface area is 137 Å². The van der Waals surface area contributed by atoms with E-state index in [2.05, 4.69) is 76.1 Å². The van der Waals surface area contributed by atoms with Gasteiger partial charge in [0.2, 0.25) is 0 Å². The molecular weight excluding hydrogens is 344 g/mol. The van der Waals surface area contributed by atoms with Gasteiger partial charge >= 0.3 is 0 Å². The number of hydrogen-bond donors (Lipinski definition) is 2. The van der Waals surface area contributed by atoms with Crippen LogP contribution >= 0.6 is 27.3 Å². The van der Waals surface area contributed by atoms with Crippen LogP contribution in [0.5, 0.6) is 0 Å². The molecule has 2 nitrogen and oxygen atoms in total. The zero-order chi connectivity index (χ0) is 14.8. The fourth-order valence-corrected chi connectivity index (χ4v) is 4.12. The van der Waals surface area contributed by atoms with Gasteiger partial charge in [0, 0.05) is 9.17 Å². The van der Waals surface area contributed by atoms with Crippen molar-refractivity contribution in [2.24, 2.45) is 5.84 Å². The van der Waals surface area contributed by atoms with Crippen LogP contribution in [0.25, 0.3) is 10.1 Å². The van der Waals surface area contributed by atoms with Crippen molar-refractivity contribution < 1.29 is 0 Å². The maximum atomic E-state index is 5.82. The molecule has 4 heteroatoms. The van der Waals surface area contributed by atoms with Crippen molar-refractivity contribution in [3.05, 3.63) is 69.0 Å². The minimum Gasteiger partial charge on any atom is -0.271 e. The summed E-state index contributed by atoms with van der Waals surface area (Å²) in [6.07, 6.45) is 0.878. The largest absolute Gasteiger partial charge is 0.271 e. The molecule has 1 aromatic heterocycles. The number of fused-ring (bicyclic) bond motifs is 1. The number of nitrogens with two attached hydrogens (primary N) is 1. The van der Waals surface area contributed by atoms with Crippen molar-refractivity contribution in [1.29, 1.82) is 0 Å². The summed E-state index contributed by atoms with van der Waals surface area (Å²) in [5, 5.41) is 3.56. The third-order valence-electron chi connectivity index (χ3n) is 3.78. The van der Waals surface area contributed by atoms with Crippen molar-refractivity contribution in [3.8, 4) is 0 Å². The Morgan fingerprint density at radius 3 is 2.81 bits per heavy atom. The molecule has 1 unspecified atom stereocenters. The molecule has 0 amide bonds. The molecule has 0 spiro atoms. The average molecular weight is 361 g/mol. The summed E-state index contributed by atoms with van der Waals surface area (Å²) in [5.41, 5.74) is 6.73. The van der Waals surface area contributed by atoms with Crippen LogP contribution in [0.2, 0.25) is 0 Å². The first kappa shape index (κ1) is 14.7. The van der Waals surface area contributed by atoms with E-state index in [0.29, 0.717) is 0 Å². The molecule has 21 heavy (non-hydrogen) atoms. The maximum Gasteiger partial charge on any atom is 0.0512 e. The second-order valence-corrected chi connectivity index (χ2v) is 6.86. The molecule has 3 rings (SSSR count). The highest BCUT2D eigenvalue weighted by Crippen LogP contribution is 2.32. The highest BCUT2D eigenvalue weighted by Gasteiger charge is 2.16. The van der Waals surface area contributed by atoms with Crippen LogP contribution in [0.1, 0.15) is 22.7 Å². The van der Waals surface area contributed by atoms with Gasteiger partial charge in [-0.1, -0.05) is 52.3 Å². The van der Waals surface area contributed by atoms with E-state index in [1.54, 1.807) is 11.3 Å². The highest BCUT2D eigenvalue weighted by molar-refractivity contribution is 9.10. The van der Waals surface area contributed by atoms with Gasteiger partial charge in [-0.05, 0) is 46.9 Å². The number of hydrogen-bond acceptors (Lipinski definition) is 3. The minimum absolute atomic E-state index is 0.0947. The van der Waals surface area contributed by atoms with Crippen molar-refractivity contribution in [2.45, 2.75) is 19.4 Å². The Morgan fingerprint density at radius 1 is 1.19 bits per heavy atom. The molecule has 3 aromatic rings. The summed E-state index contributed by atoms with van der Waals surface area (Å²) in [6, 6.07) is 14.9. The lowest BCUT2D eigenvalue weighted by Gasteiger charge is -2.18. The van der Waals surface area contributed by atoms with E-state index in [-0.39, 0.29) is 6.04 Å². The standard InChI is InChI=1S/C17H17BrN2S/c1-11-5-4-7-14(17(11)18)15(20-19)9-12-10-21-16-8-3-2-6-13(12)16/h2-8,10,15,20H,9,19H2,1H3. The number of aryl methyl sites for hydroxylation is 1. The van der Waals surface area contributed by atoms with E-state index < -0.39 is 0 Å². The van der Waals surface area contributed by atoms with Crippen molar-refractivity contribution in [2.75, 3.05) is 0 Å². The quantitative estimate of drug-likeness (QED) is 0.521. The number of rotatable bonds is 4. The molecular formula is C17H17BrN2S. The number of benzene rings is 2. The van der Waals surface area contributed by atoms with E-state index in [1.807, 2.05) is 0 Å². The van der Waals surface area contributed by atoms with Crippen LogP contribution in [0, 0.1) is 6.92 Å². The monoisotopic (exact) mass is 360 g/mol. The lowest BCUT2D eigenvalue weighted by atomic mass is 9.98. The van der Waals surface area contributed by atoms with Gasteiger partial charge in [-0.25, -0.2) is 0 Å². The summed E-state index contributed by atoms with van der Waals surface area (Å²) < 4.78 is 2.46. The molecule has 0 saturated carbocycles. The summed E-state index contributed by atoms with van der Waals surface area (Å²) in [4.78, 5) is 0. The first-order valence-corrected chi connectivity index (χ1v) is 8.54. The van der Waals surface area contributed by atoms with Crippen LogP contribution in [0.15, 0.2) is 52.3 Å². The van der Waals surface area contributed by atoms with Gasteiger partial charge in [0.05, 0.1) is 6.04 Å². The molecule has 0 bridgehead atoms. The first-order chi connectivity index (χ1) is 10.2. The summed E-state index contributed by atoms with van der Waals surface area (Å²) >= 11 is 5.47. The molecule has 0 radical (unpaired) electrons. The van der Waals surface area contributed by atoms with Gasteiger partial charge in [0.1, 0.15) is 0 Å². The highest BCUT2D eigenvalue weighted by atomic mass is 79.9. The van der Waals surface area contributed by atoms with Gasteiger partial charge in [-0.15, -0.1) is 11.3 Å². The molecule has 0 aliphatic heterocycles. The Kier molecular flexibility index (Phi) is 4.40. The van der Waals surface area contributed by atoms with Crippen molar-refractivity contribution in [3.63, 3.8) is 0 Å². The van der Waals surface area contributed by atoms with Crippen LogP contribution < -0.4 is 11.3 Å². The summed E-state index contributed by atoms with van der Waals surface area (Å²) in [5.74, 6) is 5.82. The van der Waals surface area contributed by atoms with Gasteiger partial charge in [-0.3, -0.25) is 11.3 Å². The van der Waals surface area contributed by atoms with Gasteiger partial charge < -0.3 is 0 Å². The molecule has 0 aliphatic carbocycles. The summed E-state index contributed by atoms with van der Waals surface area (Å²) in [7, 11) is 0. The molecule has 1 atom stereocenters. The van der Waals surface area contributed by atoms with Crippen LogP contribution in [0.3, 0.4) is 0 Å². The molecule has 1 heterocycles. The van der Waals surface area contributed by atoms with E-state index in [1.165, 1.54) is 26.8 Å². The molecule has 3 N–H and O–H groups in total. The lowest BCUT2D eigenvalue weighted by Crippen LogP contribution is -2.29. The van der Waals surface area contributed by atoms with E-state index in [9.17, 15) is 0 Å². The van der Waals surface area contributed by atoms with Gasteiger partial charge in [-0.2, -0.15) is 0 Å². The van der Waals surface area contributed by atoms with Gasteiger partial charge in [0.15, 0.2) is 0 Å². The molecule has 0 saturated heterocycles. The topological polar surface area (TPSA) is 38.0 Å². The number of nitrogens with one attached hydrogen (secondary N) is 1. The zero-order valence-corrected chi connectivity index (χ0v) is 14.2. The zero-order valence-electron chi connectivity index (χ0n) is 11.8. The fraction of sp³-hybridized carbons (Fsp3) is 0.176. The molecule has 2 aromatic carbocycles. The maximum absolute atomic E-state index is 5.82. The molecule has 0 fully saturated rings. The van der Waals surface area contributed by atoms with E-state index in [4.69, 9.17) is 5.84 Å².